The van der Waals surface area contributed by atoms with E-state index in [2.05, 4.69) is 14.9 Å². The average Bonchev–Trinajstić information content (AvgIpc) is 3.27. The van der Waals surface area contributed by atoms with E-state index < -0.39 is 118 Å². The molecule has 0 radical (unpaired) electrons. The molecular weight excluding hydrogens is 901 g/mol. The van der Waals surface area contributed by atoms with Crippen LogP contribution in [0.4, 0.5) is 5.69 Å². The average molecular weight is 987 g/mol. The Kier molecular flexibility index (Phi) is 19.0. The van der Waals surface area contributed by atoms with E-state index in [1.54, 1.807) is 72.7 Å². The summed E-state index contributed by atoms with van der Waals surface area (Å²) in [5.74, 6) is -3.11. The molecule has 4 heterocycles. The Morgan fingerprint density at radius 3 is 2.18 bits per heavy atom. The summed E-state index contributed by atoms with van der Waals surface area (Å²) in [5, 5.41) is 64.0. The van der Waals surface area contributed by atoms with Crippen LogP contribution < -0.4 is 10.0 Å². The summed E-state index contributed by atoms with van der Waals surface area (Å²) in [5.41, 5.74) is -4.96. The molecular formula is C49H86N4O14S. The van der Waals surface area contributed by atoms with E-state index in [0.717, 1.165) is 42.2 Å². The molecule has 0 spiro atoms. The van der Waals surface area contributed by atoms with E-state index in [1.165, 1.54) is 21.1 Å². The molecule has 7 N–H and O–H groups in total. The zero-order chi connectivity index (χ0) is 50.7. The van der Waals surface area contributed by atoms with Crippen LogP contribution >= 0.6 is 0 Å². The highest BCUT2D eigenvalue weighted by molar-refractivity contribution is 7.90. The van der Waals surface area contributed by atoms with Crippen LogP contribution in [0.15, 0.2) is 24.3 Å². The Morgan fingerprint density at radius 1 is 0.941 bits per heavy atom. The molecule has 19 heteroatoms. The van der Waals surface area contributed by atoms with Crippen molar-refractivity contribution in [1.82, 2.24) is 14.5 Å². The van der Waals surface area contributed by atoms with Crippen molar-refractivity contribution in [3.05, 3.63) is 29.8 Å². The zero-order valence-corrected chi connectivity index (χ0v) is 43.7. The minimum Gasteiger partial charge on any atom is -0.459 e. The van der Waals surface area contributed by atoms with Crippen LogP contribution in [0.1, 0.15) is 120 Å². The summed E-state index contributed by atoms with van der Waals surface area (Å²) in [7, 11) is -1.29. The van der Waals surface area contributed by atoms with Gasteiger partial charge in [-0.2, -0.15) is 12.7 Å². The smallest absolute Gasteiger partial charge is 0.311 e. The second-order valence-corrected chi connectivity index (χ2v) is 23.1. The number of likely N-dealkylation sites (tertiary alicyclic amines) is 1. The number of aliphatic hydroxyl groups is 5. The maximum Gasteiger partial charge on any atom is 0.311 e. The number of hydrogen-bond donors (Lipinski definition) is 7. The molecule has 1 aromatic rings. The molecule has 4 aliphatic rings. The van der Waals surface area contributed by atoms with Crippen LogP contribution in [-0.2, 0) is 43.4 Å². The fourth-order valence-corrected chi connectivity index (χ4v) is 12.2. The number of esters is 1. The minimum absolute atomic E-state index is 0.0469. The van der Waals surface area contributed by atoms with Crippen molar-refractivity contribution in [2.75, 3.05) is 45.1 Å². The van der Waals surface area contributed by atoms with Gasteiger partial charge in [-0.15, -0.1) is 0 Å². The van der Waals surface area contributed by atoms with Gasteiger partial charge in [0.1, 0.15) is 35.1 Å². The summed E-state index contributed by atoms with van der Waals surface area (Å²) in [6.45, 7) is 21.3. The highest BCUT2D eigenvalue weighted by Gasteiger charge is 2.59. The van der Waals surface area contributed by atoms with E-state index in [0.29, 0.717) is 18.8 Å². The third-order valence-electron chi connectivity index (χ3n) is 15.6. The van der Waals surface area contributed by atoms with Crippen molar-refractivity contribution < 1.29 is 67.2 Å². The molecule has 4 aliphatic heterocycles. The summed E-state index contributed by atoms with van der Waals surface area (Å²) in [6, 6.07) is 5.17. The number of carbonyl (C=O) groups excluding carboxylic acids is 1. The Balaban J connectivity index is 1.55. The summed E-state index contributed by atoms with van der Waals surface area (Å²) in [6.07, 6.45) is -6.88. The Labute approximate surface area is 405 Å². The topological polar surface area (TPSA) is 238 Å². The second kappa shape index (κ2) is 22.8. The number of anilines is 1. The SMILES string of the molecule is CCC1OC(=O)C(C)C(O[C@H]2C[C@@](C)(OC)[C@](O)(CN3CCCCC3)[C@H](C)O2)C(C)C(O[C@H]2O[C@@H](C)C[C@@H](N(C)S(=O)(=O)Nc3ccc(C)cc3)[C@@H]2O)C(C)(O)CC(C)CNC(C)C(O)C1(C)O. The van der Waals surface area contributed by atoms with Gasteiger partial charge < -0.3 is 64.2 Å². The summed E-state index contributed by atoms with van der Waals surface area (Å²) < 4.78 is 70.1. The molecule has 18 nitrogen and oxygen atoms in total. The lowest BCUT2D eigenvalue weighted by molar-refractivity contribution is -0.339. The Bertz CT molecular complexity index is 1890. The van der Waals surface area contributed by atoms with Crippen LogP contribution in [0.3, 0.4) is 0 Å². The molecule has 4 saturated heterocycles. The van der Waals surface area contributed by atoms with Crippen LogP contribution in [0, 0.1) is 24.7 Å². The summed E-state index contributed by atoms with van der Waals surface area (Å²) >= 11 is 0. The lowest BCUT2D eigenvalue weighted by Crippen LogP contribution is -2.70. The van der Waals surface area contributed by atoms with Crippen molar-refractivity contribution in [3.63, 3.8) is 0 Å². The fourth-order valence-electron chi connectivity index (χ4n) is 11.0. The molecule has 1 aromatic carbocycles. The number of cyclic esters (lactones) is 1. The Hall–Kier alpha value is -2.08. The first-order chi connectivity index (χ1) is 31.6. The van der Waals surface area contributed by atoms with Crippen LogP contribution in [-0.4, -0.2) is 179 Å². The molecule has 4 fully saturated rings. The molecule has 68 heavy (non-hydrogen) atoms. The number of nitrogens with zero attached hydrogens (tertiary/aromatic N) is 2. The van der Waals surface area contributed by atoms with Crippen molar-refractivity contribution in [2.45, 2.75) is 211 Å². The highest BCUT2D eigenvalue weighted by Crippen LogP contribution is 2.44. The molecule has 5 rings (SSSR count). The zero-order valence-electron chi connectivity index (χ0n) is 42.9. The number of likely N-dealkylation sites (N-methyl/N-ethyl adjacent to an activating group) is 1. The number of methoxy groups -OCH3 is 1. The van der Waals surface area contributed by atoms with Gasteiger partial charge in [0.05, 0.1) is 42.0 Å². The molecule has 18 atom stereocenters. The third-order valence-corrected chi connectivity index (χ3v) is 17.1. The van der Waals surface area contributed by atoms with E-state index in [1.807, 2.05) is 20.8 Å². The van der Waals surface area contributed by atoms with Gasteiger partial charge in [-0.25, -0.2) is 0 Å². The molecule has 0 aliphatic carbocycles. The number of rotatable bonds is 12. The number of piperidine rings is 1. The van der Waals surface area contributed by atoms with Gasteiger partial charge in [0.15, 0.2) is 12.6 Å². The summed E-state index contributed by atoms with van der Waals surface area (Å²) in [4.78, 5) is 16.8. The Morgan fingerprint density at radius 2 is 1.57 bits per heavy atom. The van der Waals surface area contributed by atoms with E-state index in [9.17, 15) is 38.7 Å². The number of aryl methyl sites for hydroxylation is 1. The number of β-amino-alcohol motifs (C(OH)–C–C–N with tert-alkyl or cyclic N) is 1. The first-order valence-corrected chi connectivity index (χ1v) is 26.2. The number of aliphatic hydroxyl groups excluding tert-OH is 2. The van der Waals surface area contributed by atoms with E-state index in [4.69, 9.17) is 28.4 Å². The number of benzene rings is 1. The standard InChI is InChI=1S/C49H86N4O14S/c1-14-38-48(11,58)42(55)34(7)50-27-30(3)25-46(9,57)43(67-45-40(54)37(24-31(4)63-45)52(12)68(60,61)51-36-20-18-29(2)19-21-36)32(5)41(33(6)44(56)65-38)66-39-26-47(10,62-13)49(59,35(8)64-39)28-53-22-16-15-17-23-53/h18-21,30-35,37-43,45,50-51,54-55,57-59H,14-17,22-28H2,1-13H3/t30?,31-,32?,33?,34?,35-,37+,38?,39-,40-,41?,42?,43?,45+,46?,47+,48?,49-/m0/s1. The minimum atomic E-state index is -4.21. The third kappa shape index (κ3) is 12.7. The van der Waals surface area contributed by atoms with Crippen molar-refractivity contribution in [3.8, 4) is 0 Å². The second-order valence-electron chi connectivity index (χ2n) is 21.4. The van der Waals surface area contributed by atoms with Crippen molar-refractivity contribution in [1.29, 1.82) is 0 Å². The molecule has 0 aromatic heterocycles. The lowest BCUT2D eigenvalue weighted by atomic mass is 9.74. The largest absolute Gasteiger partial charge is 0.459 e. The molecule has 0 saturated carbocycles. The molecule has 10 unspecified atom stereocenters. The lowest BCUT2D eigenvalue weighted by Gasteiger charge is -2.55. The van der Waals surface area contributed by atoms with Crippen molar-refractivity contribution >= 4 is 21.9 Å². The molecule has 0 bridgehead atoms. The van der Waals surface area contributed by atoms with E-state index in [-0.39, 0.29) is 31.6 Å². The monoisotopic (exact) mass is 987 g/mol. The van der Waals surface area contributed by atoms with Crippen LogP contribution in [0.25, 0.3) is 0 Å². The van der Waals surface area contributed by atoms with Crippen LogP contribution in [0.5, 0.6) is 0 Å². The van der Waals surface area contributed by atoms with Gasteiger partial charge in [0.2, 0.25) is 0 Å². The predicted octanol–water partition coefficient (Wildman–Crippen LogP) is 3.45. The van der Waals surface area contributed by atoms with Gasteiger partial charge in [-0.05, 0) is 125 Å². The highest BCUT2D eigenvalue weighted by atomic mass is 32.2. The van der Waals surface area contributed by atoms with Gasteiger partial charge in [-0.3, -0.25) is 9.52 Å². The van der Waals surface area contributed by atoms with Crippen LogP contribution in [0.2, 0.25) is 0 Å². The van der Waals surface area contributed by atoms with E-state index >= 15 is 0 Å². The fraction of sp³-hybridized carbons (Fsp3) is 0.857. The van der Waals surface area contributed by atoms with Gasteiger partial charge in [0, 0.05) is 44.8 Å². The maximum atomic E-state index is 14.6. The van der Waals surface area contributed by atoms with Gasteiger partial charge in [-0.1, -0.05) is 44.9 Å². The molecule has 0 amide bonds. The number of nitrogens with one attached hydrogen (secondary N) is 2. The normalized spacial score (nSPS) is 43.3. The number of ether oxygens (including phenoxy) is 6. The quantitative estimate of drug-likeness (QED) is 0.149. The van der Waals surface area contributed by atoms with Gasteiger partial charge in [0.25, 0.3) is 0 Å². The molecule has 392 valence electrons. The maximum absolute atomic E-state index is 14.6. The number of hydrogen-bond acceptors (Lipinski definition) is 16. The first kappa shape index (κ1) is 56.8. The number of carbonyl (C=O) groups is 1. The van der Waals surface area contributed by atoms with Crippen molar-refractivity contribution in [2.24, 2.45) is 17.8 Å². The van der Waals surface area contributed by atoms with Gasteiger partial charge >= 0.3 is 16.2 Å². The first-order valence-electron chi connectivity index (χ1n) is 24.8. The predicted molar refractivity (Wildman–Crippen MR) is 257 cm³/mol.